The fourth-order valence-electron chi connectivity index (χ4n) is 2.69. The molecule has 0 aliphatic carbocycles. The van der Waals surface area contributed by atoms with Crippen molar-refractivity contribution in [2.45, 2.75) is 12.1 Å². The molecule has 28 heavy (non-hydrogen) atoms. The molecule has 0 aliphatic rings. The van der Waals surface area contributed by atoms with Crippen molar-refractivity contribution in [3.8, 4) is 23.0 Å². The molecule has 0 fully saturated rings. The van der Waals surface area contributed by atoms with E-state index in [1.54, 1.807) is 19.2 Å². The average molecular weight is 409 g/mol. The normalized spacial score (nSPS) is 11.6. The number of nitrogens with zero attached hydrogens (tertiary/aromatic N) is 3. The van der Waals surface area contributed by atoms with Crippen molar-refractivity contribution in [3.05, 3.63) is 77.1 Å². The molecule has 0 atom stereocenters. The van der Waals surface area contributed by atoms with Gasteiger partial charge in [0.2, 0.25) is 0 Å². The van der Waals surface area contributed by atoms with Gasteiger partial charge in [0.05, 0.1) is 28.4 Å². The number of Topliss-reactive ketones (excluding diaryl/α,β-unsaturated/α-hetero) is 1. The first-order valence-corrected chi connectivity index (χ1v) is 9.79. The van der Waals surface area contributed by atoms with Crippen molar-refractivity contribution in [1.82, 2.24) is 9.55 Å². The van der Waals surface area contributed by atoms with Gasteiger partial charge in [-0.3, -0.25) is 9.36 Å². The summed E-state index contributed by atoms with van der Waals surface area (Å²) in [6.07, 6.45) is 1.75. The highest BCUT2D eigenvalue weighted by Gasteiger charge is 2.18. The van der Waals surface area contributed by atoms with Gasteiger partial charge in [0.25, 0.3) is 0 Å². The predicted molar refractivity (Wildman–Crippen MR) is 112 cm³/mol. The average Bonchev–Trinajstić information content (AvgIpc) is 3.11. The zero-order valence-electron chi connectivity index (χ0n) is 15.1. The first-order valence-electron chi connectivity index (χ1n) is 8.43. The fourth-order valence-corrected chi connectivity index (χ4v) is 3.77. The van der Waals surface area contributed by atoms with E-state index in [0.717, 1.165) is 16.9 Å². The van der Waals surface area contributed by atoms with Crippen molar-refractivity contribution < 1.29 is 4.79 Å². The topological polar surface area (TPSA) is 84.7 Å². The highest BCUT2D eigenvalue weighted by molar-refractivity contribution is 7.99. The van der Waals surface area contributed by atoms with Crippen LogP contribution in [0, 0.1) is 11.3 Å². The molecule has 1 aromatic heterocycles. The lowest BCUT2D eigenvalue weighted by Crippen LogP contribution is -2.11. The maximum Gasteiger partial charge on any atom is 0.185 e. The number of carbonyl (C=O) groups is 1. The highest BCUT2D eigenvalue weighted by Crippen LogP contribution is 2.33. The van der Waals surface area contributed by atoms with E-state index in [-0.39, 0.29) is 22.8 Å². The smallest absolute Gasteiger partial charge is 0.185 e. The molecule has 0 spiro atoms. The summed E-state index contributed by atoms with van der Waals surface area (Å²) in [6.45, 7) is 1.54. The Morgan fingerprint density at radius 3 is 2.54 bits per heavy atom. The highest BCUT2D eigenvalue weighted by atomic mass is 35.5. The SMILES string of the molecule is C/C(N)=C(/C#N)C(=O)CSc1ncc(-c2ccccc2)n1-c1ccccc1Cl. The number of hydrogen-bond acceptors (Lipinski definition) is 5. The quantitative estimate of drug-likeness (QED) is 0.365. The van der Waals surface area contributed by atoms with Crippen molar-refractivity contribution in [3.63, 3.8) is 0 Å². The molecule has 3 rings (SSSR count). The third-order valence-corrected chi connectivity index (χ3v) is 5.28. The molecule has 2 N–H and O–H groups in total. The Morgan fingerprint density at radius 1 is 1.21 bits per heavy atom. The molecule has 0 saturated carbocycles. The Kier molecular flexibility index (Phi) is 6.19. The van der Waals surface area contributed by atoms with Crippen LogP contribution in [0.15, 0.2) is 77.2 Å². The second-order valence-corrected chi connectivity index (χ2v) is 7.31. The Balaban J connectivity index is 2.02. The van der Waals surface area contributed by atoms with Crippen molar-refractivity contribution in [1.29, 1.82) is 5.26 Å². The van der Waals surface area contributed by atoms with Gasteiger partial charge in [0.15, 0.2) is 10.9 Å². The number of imidazole rings is 1. The zero-order chi connectivity index (χ0) is 20.1. The Labute approximate surface area is 172 Å². The summed E-state index contributed by atoms with van der Waals surface area (Å²) in [5, 5.41) is 10.3. The Bertz CT molecular complexity index is 1080. The van der Waals surface area contributed by atoms with E-state index in [2.05, 4.69) is 4.98 Å². The minimum Gasteiger partial charge on any atom is -0.401 e. The molecule has 0 unspecified atom stereocenters. The first kappa shape index (κ1) is 19.7. The van der Waals surface area contributed by atoms with Gasteiger partial charge in [-0.05, 0) is 19.1 Å². The lowest BCUT2D eigenvalue weighted by atomic mass is 10.1. The lowest BCUT2D eigenvalue weighted by molar-refractivity contribution is -0.112. The summed E-state index contributed by atoms with van der Waals surface area (Å²) < 4.78 is 1.92. The number of aromatic nitrogens is 2. The minimum atomic E-state index is -0.331. The van der Waals surface area contributed by atoms with Crippen LogP contribution in [0.3, 0.4) is 0 Å². The van der Waals surface area contributed by atoms with Gasteiger partial charge in [0, 0.05) is 11.3 Å². The van der Waals surface area contributed by atoms with Gasteiger partial charge in [-0.1, -0.05) is 65.8 Å². The third-order valence-electron chi connectivity index (χ3n) is 4.01. The van der Waals surface area contributed by atoms with Gasteiger partial charge in [-0.15, -0.1) is 0 Å². The number of benzene rings is 2. The van der Waals surface area contributed by atoms with Crippen LogP contribution < -0.4 is 5.73 Å². The van der Waals surface area contributed by atoms with Crippen LogP contribution in [0.25, 0.3) is 16.9 Å². The van der Waals surface area contributed by atoms with E-state index < -0.39 is 0 Å². The number of thioether (sulfide) groups is 1. The molecule has 5 nitrogen and oxygen atoms in total. The number of para-hydroxylation sites is 1. The molecule has 1 heterocycles. The second-order valence-electron chi connectivity index (χ2n) is 5.96. The van der Waals surface area contributed by atoms with E-state index in [0.29, 0.717) is 10.2 Å². The molecule has 3 aromatic rings. The monoisotopic (exact) mass is 408 g/mol. The van der Waals surface area contributed by atoms with Crippen LogP contribution in [0.4, 0.5) is 0 Å². The van der Waals surface area contributed by atoms with Gasteiger partial charge in [-0.25, -0.2) is 4.98 Å². The lowest BCUT2D eigenvalue weighted by Gasteiger charge is -2.13. The number of nitrogens with two attached hydrogens (primary N) is 1. The number of ketones is 1. The molecule has 140 valence electrons. The summed E-state index contributed by atoms with van der Waals surface area (Å²) in [6, 6.07) is 19.1. The molecule has 0 radical (unpaired) electrons. The predicted octanol–water partition coefficient (Wildman–Crippen LogP) is 4.61. The van der Waals surface area contributed by atoms with Gasteiger partial charge in [-0.2, -0.15) is 5.26 Å². The molecule has 7 heteroatoms. The van der Waals surface area contributed by atoms with Crippen LogP contribution in [0.2, 0.25) is 5.02 Å². The maximum absolute atomic E-state index is 12.3. The molecule has 0 amide bonds. The van der Waals surface area contributed by atoms with E-state index in [1.807, 2.05) is 59.2 Å². The van der Waals surface area contributed by atoms with Crippen molar-refractivity contribution in [2.24, 2.45) is 5.73 Å². The number of carbonyl (C=O) groups excluding carboxylic acids is 1. The summed E-state index contributed by atoms with van der Waals surface area (Å²) in [5.41, 5.74) is 8.42. The summed E-state index contributed by atoms with van der Waals surface area (Å²) in [4.78, 5) is 16.8. The summed E-state index contributed by atoms with van der Waals surface area (Å²) in [7, 11) is 0. The maximum atomic E-state index is 12.3. The summed E-state index contributed by atoms with van der Waals surface area (Å²) in [5.74, 6) is -0.282. The second kappa shape index (κ2) is 8.79. The fraction of sp³-hybridized carbons (Fsp3) is 0.0952. The number of halogens is 1. The van der Waals surface area contributed by atoms with Crippen LogP contribution in [0.1, 0.15) is 6.92 Å². The standard InChI is InChI=1S/C21H17ClN4OS/c1-14(24)16(11-23)20(27)13-28-21-25-12-19(15-7-3-2-4-8-15)26(21)18-10-6-5-9-17(18)22/h2-10,12H,13,24H2,1H3/b16-14+. The number of nitriles is 1. The zero-order valence-corrected chi connectivity index (χ0v) is 16.7. The molecular formula is C21H17ClN4OS. The van der Waals surface area contributed by atoms with Crippen molar-refractivity contribution in [2.75, 3.05) is 5.75 Å². The van der Waals surface area contributed by atoms with Crippen molar-refractivity contribution >= 4 is 29.1 Å². The summed E-state index contributed by atoms with van der Waals surface area (Å²) >= 11 is 7.67. The van der Waals surface area contributed by atoms with Crippen LogP contribution >= 0.6 is 23.4 Å². The Morgan fingerprint density at radius 2 is 1.89 bits per heavy atom. The number of allylic oxidation sites excluding steroid dienone is 2. The van der Waals surface area contributed by atoms with Gasteiger partial charge >= 0.3 is 0 Å². The van der Waals surface area contributed by atoms with Crippen LogP contribution in [0.5, 0.6) is 0 Å². The van der Waals surface area contributed by atoms with E-state index in [4.69, 9.17) is 22.6 Å². The number of hydrogen-bond donors (Lipinski definition) is 1. The molecule has 0 bridgehead atoms. The number of rotatable bonds is 6. The van der Waals surface area contributed by atoms with E-state index >= 15 is 0 Å². The van der Waals surface area contributed by atoms with Gasteiger partial charge in [0.1, 0.15) is 11.6 Å². The Hall–Kier alpha value is -3.01. The first-order chi connectivity index (χ1) is 13.5. The molecule has 0 saturated heterocycles. The van der Waals surface area contributed by atoms with Crippen LogP contribution in [-0.2, 0) is 4.79 Å². The van der Waals surface area contributed by atoms with E-state index in [1.165, 1.54) is 11.8 Å². The minimum absolute atomic E-state index is 0.0216. The third kappa shape index (κ3) is 4.11. The largest absolute Gasteiger partial charge is 0.401 e. The molecular weight excluding hydrogens is 392 g/mol. The molecule has 0 aliphatic heterocycles. The van der Waals surface area contributed by atoms with Crippen LogP contribution in [-0.4, -0.2) is 21.1 Å². The van der Waals surface area contributed by atoms with E-state index in [9.17, 15) is 4.79 Å². The molecule has 2 aromatic carbocycles. The van der Waals surface area contributed by atoms with Gasteiger partial charge < -0.3 is 5.73 Å².